The molecule has 1 heterocycles. The number of sulfonamides is 1. The van der Waals surface area contributed by atoms with Gasteiger partial charge in [0.1, 0.15) is 11.5 Å². The molecule has 1 aliphatic heterocycles. The number of rotatable bonds is 7. The first-order chi connectivity index (χ1) is 11.3. The Kier molecular flexibility index (Phi) is 7.98. The minimum Gasteiger partial charge on any atom is -0.491 e. The van der Waals surface area contributed by atoms with Crippen LogP contribution in [0.3, 0.4) is 0 Å². The maximum atomic E-state index is 12.2. The number of anilines is 1. The van der Waals surface area contributed by atoms with Gasteiger partial charge in [0.2, 0.25) is 15.9 Å². The van der Waals surface area contributed by atoms with E-state index in [1.54, 1.807) is 31.3 Å². The van der Waals surface area contributed by atoms with E-state index >= 15 is 0 Å². The molecule has 1 aromatic rings. The lowest BCUT2D eigenvalue weighted by Gasteiger charge is -2.23. The Balaban J connectivity index is 0.00000312. The molecule has 0 radical (unpaired) electrons. The van der Waals surface area contributed by atoms with E-state index in [4.69, 9.17) is 4.74 Å². The third kappa shape index (κ3) is 6.72. The molecule has 0 bridgehead atoms. The average Bonchev–Trinajstić information content (AvgIpc) is 3.01. The van der Waals surface area contributed by atoms with Crippen LogP contribution in [0.15, 0.2) is 24.3 Å². The molecule has 2 rings (SSSR count). The third-order valence-corrected chi connectivity index (χ3v) is 4.96. The molecule has 1 aliphatic rings. The largest absolute Gasteiger partial charge is 0.491 e. The van der Waals surface area contributed by atoms with Crippen molar-refractivity contribution in [2.45, 2.75) is 32.4 Å². The van der Waals surface area contributed by atoms with Crippen molar-refractivity contribution in [3.63, 3.8) is 0 Å². The zero-order valence-corrected chi connectivity index (χ0v) is 16.3. The van der Waals surface area contributed by atoms with Gasteiger partial charge in [-0.2, -0.15) is 0 Å². The van der Waals surface area contributed by atoms with E-state index in [0.717, 1.165) is 13.0 Å². The van der Waals surface area contributed by atoms with Crippen LogP contribution in [0.4, 0.5) is 5.69 Å². The second kappa shape index (κ2) is 9.26. The van der Waals surface area contributed by atoms with Crippen LogP contribution in [-0.2, 0) is 14.8 Å². The standard InChI is InChI=1S/C16H25N3O4S.ClH/c1-12(2)23-15-6-4-13(5-7-15)18-24(21,22)11-16(20)19(3)14-8-9-17-10-14;/h4-7,12,14,17-18H,8-11H2,1-3H3;1H. The van der Waals surface area contributed by atoms with Crippen LogP contribution in [-0.4, -0.2) is 57.3 Å². The van der Waals surface area contributed by atoms with E-state index in [0.29, 0.717) is 18.0 Å². The number of amides is 1. The van der Waals surface area contributed by atoms with Gasteiger partial charge < -0.3 is 15.0 Å². The summed E-state index contributed by atoms with van der Waals surface area (Å²) < 4.78 is 32.3. The van der Waals surface area contributed by atoms with Crippen molar-refractivity contribution in [2.24, 2.45) is 0 Å². The number of ether oxygens (including phenoxy) is 1. The zero-order valence-electron chi connectivity index (χ0n) is 14.7. The fourth-order valence-electron chi connectivity index (χ4n) is 2.53. The van der Waals surface area contributed by atoms with E-state index < -0.39 is 21.7 Å². The van der Waals surface area contributed by atoms with E-state index in [1.807, 2.05) is 13.8 Å². The molecule has 0 aliphatic carbocycles. The molecule has 25 heavy (non-hydrogen) atoms. The molecule has 0 spiro atoms. The first kappa shape index (κ1) is 21.5. The summed E-state index contributed by atoms with van der Waals surface area (Å²) in [6.45, 7) is 5.38. The minimum atomic E-state index is -3.75. The molecule has 1 saturated heterocycles. The van der Waals surface area contributed by atoms with Crippen molar-refractivity contribution in [1.82, 2.24) is 10.2 Å². The summed E-state index contributed by atoms with van der Waals surface area (Å²) in [7, 11) is -2.10. The van der Waals surface area contributed by atoms with Gasteiger partial charge >= 0.3 is 0 Å². The number of hydrogen-bond acceptors (Lipinski definition) is 5. The quantitative estimate of drug-likeness (QED) is 0.734. The number of hydrogen-bond donors (Lipinski definition) is 2. The SMILES string of the molecule is CC(C)Oc1ccc(NS(=O)(=O)CC(=O)N(C)C2CCNC2)cc1.Cl. The monoisotopic (exact) mass is 391 g/mol. The molecular formula is C16H26ClN3O4S. The first-order valence-electron chi connectivity index (χ1n) is 8.00. The Morgan fingerprint density at radius 2 is 2.00 bits per heavy atom. The highest BCUT2D eigenvalue weighted by molar-refractivity contribution is 7.93. The average molecular weight is 392 g/mol. The van der Waals surface area contributed by atoms with Crippen molar-refractivity contribution in [3.05, 3.63) is 24.3 Å². The Labute approximate surface area is 155 Å². The molecule has 1 fully saturated rings. The van der Waals surface area contributed by atoms with Crippen molar-refractivity contribution in [2.75, 3.05) is 30.6 Å². The number of halogens is 1. The fraction of sp³-hybridized carbons (Fsp3) is 0.562. The van der Waals surface area contributed by atoms with E-state index in [1.165, 1.54) is 4.90 Å². The highest BCUT2D eigenvalue weighted by Gasteiger charge is 2.26. The predicted octanol–water partition coefficient (Wildman–Crippen LogP) is 1.46. The van der Waals surface area contributed by atoms with E-state index in [9.17, 15) is 13.2 Å². The first-order valence-corrected chi connectivity index (χ1v) is 9.65. The second-order valence-electron chi connectivity index (χ2n) is 6.20. The van der Waals surface area contributed by atoms with Gasteiger partial charge in [-0.05, 0) is 51.1 Å². The number of likely N-dealkylation sites (N-methyl/N-ethyl adjacent to an activating group) is 1. The molecule has 0 saturated carbocycles. The van der Waals surface area contributed by atoms with Crippen LogP contribution in [0.1, 0.15) is 20.3 Å². The lowest BCUT2D eigenvalue weighted by atomic mass is 10.2. The number of benzene rings is 1. The third-order valence-electron chi connectivity index (χ3n) is 3.79. The molecule has 1 amide bonds. The lowest BCUT2D eigenvalue weighted by Crippen LogP contribution is -2.42. The van der Waals surface area contributed by atoms with Gasteiger partial charge in [-0.3, -0.25) is 9.52 Å². The predicted molar refractivity (Wildman–Crippen MR) is 101 cm³/mol. The van der Waals surface area contributed by atoms with Crippen LogP contribution in [0.2, 0.25) is 0 Å². The maximum Gasteiger partial charge on any atom is 0.241 e. The topological polar surface area (TPSA) is 87.7 Å². The van der Waals surface area contributed by atoms with Crippen molar-refractivity contribution < 1.29 is 17.9 Å². The van der Waals surface area contributed by atoms with Gasteiger partial charge in [-0.25, -0.2) is 8.42 Å². The molecule has 0 aromatic heterocycles. The summed E-state index contributed by atoms with van der Waals surface area (Å²) >= 11 is 0. The molecule has 2 N–H and O–H groups in total. The van der Waals surface area contributed by atoms with Gasteiger partial charge in [0.25, 0.3) is 0 Å². The second-order valence-corrected chi connectivity index (χ2v) is 7.93. The van der Waals surface area contributed by atoms with Crippen molar-refractivity contribution >= 4 is 34.0 Å². The normalized spacial score (nSPS) is 17.0. The molecule has 1 aromatic carbocycles. The molecule has 142 valence electrons. The highest BCUT2D eigenvalue weighted by atomic mass is 35.5. The number of nitrogens with one attached hydrogen (secondary N) is 2. The zero-order chi connectivity index (χ0) is 17.7. The van der Waals surface area contributed by atoms with Crippen LogP contribution >= 0.6 is 12.4 Å². The fourth-order valence-corrected chi connectivity index (χ4v) is 3.62. The van der Waals surface area contributed by atoms with Crippen molar-refractivity contribution in [1.29, 1.82) is 0 Å². The molecule has 7 nitrogen and oxygen atoms in total. The molecule has 9 heteroatoms. The summed E-state index contributed by atoms with van der Waals surface area (Å²) in [6, 6.07) is 6.67. The van der Waals surface area contributed by atoms with Crippen LogP contribution < -0.4 is 14.8 Å². The Hall–Kier alpha value is -1.51. The molecular weight excluding hydrogens is 366 g/mol. The highest BCUT2D eigenvalue weighted by Crippen LogP contribution is 2.18. The Bertz CT molecular complexity index is 658. The number of carbonyl (C=O) groups is 1. The van der Waals surface area contributed by atoms with E-state index in [-0.39, 0.29) is 24.6 Å². The lowest BCUT2D eigenvalue weighted by molar-refractivity contribution is -0.128. The van der Waals surface area contributed by atoms with Crippen LogP contribution in [0, 0.1) is 0 Å². The van der Waals surface area contributed by atoms with Crippen molar-refractivity contribution in [3.8, 4) is 5.75 Å². The summed E-state index contributed by atoms with van der Waals surface area (Å²) in [5.74, 6) is -0.307. The van der Waals surface area contributed by atoms with Gasteiger partial charge in [-0.1, -0.05) is 0 Å². The summed E-state index contributed by atoms with van der Waals surface area (Å²) in [6.07, 6.45) is 0.887. The van der Waals surface area contributed by atoms with Crippen LogP contribution in [0.25, 0.3) is 0 Å². The summed E-state index contributed by atoms with van der Waals surface area (Å²) in [4.78, 5) is 13.7. The van der Waals surface area contributed by atoms with Gasteiger partial charge in [0.05, 0.1) is 6.10 Å². The summed E-state index contributed by atoms with van der Waals surface area (Å²) in [5, 5.41) is 3.16. The van der Waals surface area contributed by atoms with Crippen LogP contribution in [0.5, 0.6) is 5.75 Å². The Morgan fingerprint density at radius 3 is 2.52 bits per heavy atom. The van der Waals surface area contributed by atoms with Gasteiger partial charge in [-0.15, -0.1) is 12.4 Å². The van der Waals surface area contributed by atoms with Gasteiger partial charge in [0, 0.05) is 25.3 Å². The number of nitrogens with zero attached hydrogens (tertiary/aromatic N) is 1. The smallest absolute Gasteiger partial charge is 0.241 e. The summed E-state index contributed by atoms with van der Waals surface area (Å²) in [5.41, 5.74) is 0.407. The van der Waals surface area contributed by atoms with Gasteiger partial charge in [0.15, 0.2) is 0 Å². The number of carbonyl (C=O) groups excluding carboxylic acids is 1. The maximum absolute atomic E-state index is 12.2. The molecule has 1 unspecified atom stereocenters. The Morgan fingerprint density at radius 1 is 1.36 bits per heavy atom. The van der Waals surface area contributed by atoms with E-state index in [2.05, 4.69) is 10.0 Å². The molecule has 1 atom stereocenters. The minimum absolute atomic E-state index is 0.